The monoisotopic (exact) mass is 215 g/mol. The van der Waals surface area contributed by atoms with Crippen molar-refractivity contribution in [1.29, 1.82) is 0 Å². The highest BCUT2D eigenvalue weighted by molar-refractivity contribution is 4.56. The van der Waals surface area contributed by atoms with Gasteiger partial charge in [0, 0.05) is 13.2 Å². The molecule has 1 atom stereocenters. The quantitative estimate of drug-likeness (QED) is 0.536. The minimum absolute atomic E-state index is 0.744. The van der Waals surface area contributed by atoms with Crippen molar-refractivity contribution in [2.75, 3.05) is 19.8 Å². The molecule has 0 aromatic carbocycles. The summed E-state index contributed by atoms with van der Waals surface area (Å²) >= 11 is 0. The van der Waals surface area contributed by atoms with Crippen LogP contribution in [0.3, 0.4) is 0 Å². The molecule has 0 heterocycles. The summed E-state index contributed by atoms with van der Waals surface area (Å²) in [6.45, 7) is 7.08. The number of nitrogens with two attached hydrogens (primary N) is 1. The molecular formula is C13H29NO. The Morgan fingerprint density at radius 2 is 1.73 bits per heavy atom. The molecule has 1 unspecified atom stereocenters. The Hall–Kier alpha value is -0.0800. The maximum absolute atomic E-state index is 5.47. The van der Waals surface area contributed by atoms with Crippen LogP contribution in [0.15, 0.2) is 0 Å². The summed E-state index contributed by atoms with van der Waals surface area (Å²) < 4.78 is 5.47. The zero-order valence-corrected chi connectivity index (χ0v) is 10.6. The van der Waals surface area contributed by atoms with Gasteiger partial charge in [-0.1, -0.05) is 46.0 Å². The summed E-state index contributed by atoms with van der Waals surface area (Å²) in [5.74, 6) is 0.944. The predicted octanol–water partition coefficient (Wildman–Crippen LogP) is 3.35. The average molecular weight is 215 g/mol. The lowest BCUT2D eigenvalue weighted by Gasteiger charge is -2.13. The molecule has 2 N–H and O–H groups in total. The smallest absolute Gasteiger partial charge is 0.0478 e. The maximum atomic E-state index is 5.47. The third-order valence-electron chi connectivity index (χ3n) is 2.92. The van der Waals surface area contributed by atoms with Crippen LogP contribution in [-0.2, 0) is 4.74 Å². The molecular weight excluding hydrogens is 186 g/mol. The molecule has 0 radical (unpaired) electrons. The molecule has 0 saturated carbocycles. The van der Waals surface area contributed by atoms with Crippen molar-refractivity contribution in [3.05, 3.63) is 0 Å². The van der Waals surface area contributed by atoms with Gasteiger partial charge in [0.15, 0.2) is 0 Å². The summed E-state index contributed by atoms with van der Waals surface area (Å²) in [4.78, 5) is 0. The Kier molecular flexibility index (Phi) is 11.9. The lowest BCUT2D eigenvalue weighted by molar-refractivity contribution is 0.128. The van der Waals surface area contributed by atoms with Gasteiger partial charge < -0.3 is 10.5 Å². The number of hydrogen-bond donors (Lipinski definition) is 1. The van der Waals surface area contributed by atoms with Gasteiger partial charge in [0.05, 0.1) is 0 Å². The molecule has 0 aliphatic carbocycles. The standard InChI is InChI=1S/C13H29NO/c1-3-8-13(4-2)9-5-6-11-15-12-7-10-14/h13H,3-12,14H2,1-2H3. The maximum Gasteiger partial charge on any atom is 0.0478 e. The minimum Gasteiger partial charge on any atom is -0.381 e. The van der Waals surface area contributed by atoms with E-state index in [4.69, 9.17) is 10.5 Å². The van der Waals surface area contributed by atoms with Crippen molar-refractivity contribution in [1.82, 2.24) is 0 Å². The summed E-state index contributed by atoms with van der Waals surface area (Å²) in [7, 11) is 0. The predicted molar refractivity (Wildman–Crippen MR) is 67.0 cm³/mol. The summed E-state index contributed by atoms with van der Waals surface area (Å²) in [6, 6.07) is 0. The van der Waals surface area contributed by atoms with Crippen LogP contribution >= 0.6 is 0 Å². The largest absolute Gasteiger partial charge is 0.381 e. The van der Waals surface area contributed by atoms with Gasteiger partial charge in [0.1, 0.15) is 0 Å². The van der Waals surface area contributed by atoms with E-state index in [2.05, 4.69) is 13.8 Å². The van der Waals surface area contributed by atoms with E-state index in [1.807, 2.05) is 0 Å². The van der Waals surface area contributed by atoms with Crippen LogP contribution in [0.5, 0.6) is 0 Å². The second-order valence-corrected chi connectivity index (χ2v) is 4.31. The van der Waals surface area contributed by atoms with Crippen LogP contribution in [0.2, 0.25) is 0 Å². The van der Waals surface area contributed by atoms with E-state index in [0.29, 0.717) is 0 Å². The summed E-state index contributed by atoms with van der Waals surface area (Å²) in [5.41, 5.74) is 5.38. The van der Waals surface area contributed by atoms with Crippen molar-refractivity contribution >= 4 is 0 Å². The summed E-state index contributed by atoms with van der Waals surface area (Å²) in [5, 5.41) is 0. The molecule has 0 fully saturated rings. The molecule has 15 heavy (non-hydrogen) atoms. The van der Waals surface area contributed by atoms with Crippen molar-refractivity contribution < 1.29 is 4.74 Å². The van der Waals surface area contributed by atoms with Gasteiger partial charge in [-0.25, -0.2) is 0 Å². The number of hydrogen-bond acceptors (Lipinski definition) is 2. The van der Waals surface area contributed by atoms with Crippen molar-refractivity contribution in [3.63, 3.8) is 0 Å². The Morgan fingerprint density at radius 3 is 2.33 bits per heavy atom. The molecule has 0 aliphatic rings. The lowest BCUT2D eigenvalue weighted by atomic mass is 9.95. The van der Waals surface area contributed by atoms with Crippen LogP contribution in [0, 0.1) is 5.92 Å². The Labute approximate surface area is 95.6 Å². The number of rotatable bonds is 11. The molecule has 0 bridgehead atoms. The number of ether oxygens (including phenoxy) is 1. The summed E-state index contributed by atoms with van der Waals surface area (Å²) in [6.07, 6.45) is 8.96. The van der Waals surface area contributed by atoms with Crippen LogP contribution < -0.4 is 5.73 Å². The molecule has 92 valence electrons. The van der Waals surface area contributed by atoms with E-state index in [1.54, 1.807) is 0 Å². The van der Waals surface area contributed by atoms with E-state index in [-0.39, 0.29) is 0 Å². The van der Waals surface area contributed by atoms with E-state index in [0.717, 1.165) is 32.1 Å². The van der Waals surface area contributed by atoms with E-state index in [1.165, 1.54) is 38.5 Å². The first-order valence-electron chi connectivity index (χ1n) is 6.62. The Bertz CT molecular complexity index is 117. The molecule has 0 aromatic heterocycles. The van der Waals surface area contributed by atoms with Gasteiger partial charge in [-0.15, -0.1) is 0 Å². The Morgan fingerprint density at radius 1 is 1.00 bits per heavy atom. The molecule has 2 nitrogen and oxygen atoms in total. The first-order valence-corrected chi connectivity index (χ1v) is 6.62. The fraction of sp³-hybridized carbons (Fsp3) is 1.00. The van der Waals surface area contributed by atoms with Gasteiger partial charge in [0.2, 0.25) is 0 Å². The third-order valence-corrected chi connectivity index (χ3v) is 2.92. The SMILES string of the molecule is CCCC(CC)CCCCOCCCN. The van der Waals surface area contributed by atoms with Gasteiger partial charge in [-0.3, -0.25) is 0 Å². The molecule has 0 aliphatic heterocycles. The molecule has 0 rings (SSSR count). The molecule has 0 spiro atoms. The average Bonchev–Trinajstić information content (AvgIpc) is 2.26. The fourth-order valence-electron chi connectivity index (χ4n) is 1.89. The van der Waals surface area contributed by atoms with Gasteiger partial charge in [-0.2, -0.15) is 0 Å². The highest BCUT2D eigenvalue weighted by Crippen LogP contribution is 2.17. The highest BCUT2D eigenvalue weighted by Gasteiger charge is 2.03. The molecule has 0 aromatic rings. The molecule has 2 heteroatoms. The van der Waals surface area contributed by atoms with Crippen molar-refractivity contribution in [3.8, 4) is 0 Å². The van der Waals surface area contributed by atoms with E-state index in [9.17, 15) is 0 Å². The van der Waals surface area contributed by atoms with Crippen molar-refractivity contribution in [2.45, 2.75) is 58.8 Å². The molecule has 0 saturated heterocycles. The molecule has 0 amide bonds. The zero-order valence-electron chi connectivity index (χ0n) is 10.6. The van der Waals surface area contributed by atoms with Gasteiger partial charge in [-0.05, 0) is 25.3 Å². The lowest BCUT2D eigenvalue weighted by Crippen LogP contribution is -2.05. The topological polar surface area (TPSA) is 35.2 Å². The first-order chi connectivity index (χ1) is 7.35. The van der Waals surface area contributed by atoms with Crippen molar-refractivity contribution in [2.24, 2.45) is 11.7 Å². The minimum atomic E-state index is 0.744. The second-order valence-electron chi connectivity index (χ2n) is 4.31. The first kappa shape index (κ1) is 14.9. The third kappa shape index (κ3) is 10.2. The van der Waals surface area contributed by atoms with E-state index < -0.39 is 0 Å². The van der Waals surface area contributed by atoms with Crippen LogP contribution in [-0.4, -0.2) is 19.8 Å². The van der Waals surface area contributed by atoms with Crippen LogP contribution in [0.25, 0.3) is 0 Å². The zero-order chi connectivity index (χ0) is 11.4. The van der Waals surface area contributed by atoms with Crippen LogP contribution in [0.1, 0.15) is 58.8 Å². The van der Waals surface area contributed by atoms with E-state index >= 15 is 0 Å². The number of unbranched alkanes of at least 4 members (excludes halogenated alkanes) is 1. The Balaban J connectivity index is 3.14. The normalized spacial score (nSPS) is 13.0. The van der Waals surface area contributed by atoms with Crippen LogP contribution in [0.4, 0.5) is 0 Å². The fourth-order valence-corrected chi connectivity index (χ4v) is 1.89. The highest BCUT2D eigenvalue weighted by atomic mass is 16.5. The van der Waals surface area contributed by atoms with Gasteiger partial charge >= 0.3 is 0 Å². The van der Waals surface area contributed by atoms with Gasteiger partial charge in [0.25, 0.3) is 0 Å². The second kappa shape index (κ2) is 12.0.